The summed E-state index contributed by atoms with van der Waals surface area (Å²) in [5.74, 6) is -3.15. The van der Waals surface area contributed by atoms with Crippen molar-refractivity contribution in [1.29, 1.82) is 0 Å². The van der Waals surface area contributed by atoms with E-state index in [1.807, 2.05) is 13.8 Å². The fraction of sp³-hybridized carbons (Fsp3) is 0.625. The standard InChI is InChI=1S/C24H39N5O6/c1-13(2)16-10-11-18(30)25-12-8-7-9-17(21(31)26-16)27-22(32)19(14(3)4)28-24(35)29-20(15(5)6)23(33)34/h7-8,10-11,13-17,19-20H,9,12H2,1-6H3,(H,25,30)(H,26,31)(H,27,32)(H,33,34)(H2,28,29,35)/b8-7+,11-10+/t16-,17+,19+,20+/m1/s1. The van der Waals surface area contributed by atoms with Crippen LogP contribution in [0.5, 0.6) is 0 Å². The van der Waals surface area contributed by atoms with Crippen molar-refractivity contribution in [3.63, 3.8) is 0 Å². The van der Waals surface area contributed by atoms with Gasteiger partial charge in [-0.1, -0.05) is 59.8 Å². The third-order valence-electron chi connectivity index (χ3n) is 5.50. The quantitative estimate of drug-likeness (QED) is 0.272. The Balaban J connectivity index is 3.00. The van der Waals surface area contributed by atoms with E-state index in [0.29, 0.717) is 0 Å². The average Bonchev–Trinajstić information content (AvgIpc) is 2.75. The number of carboxylic acids is 1. The molecule has 11 nitrogen and oxygen atoms in total. The van der Waals surface area contributed by atoms with Gasteiger partial charge in [-0.05, 0) is 24.2 Å². The summed E-state index contributed by atoms with van der Waals surface area (Å²) in [5.41, 5.74) is 0. The molecule has 196 valence electrons. The first-order valence-electron chi connectivity index (χ1n) is 11.8. The molecule has 0 saturated heterocycles. The molecular weight excluding hydrogens is 454 g/mol. The highest BCUT2D eigenvalue weighted by Gasteiger charge is 2.31. The summed E-state index contributed by atoms with van der Waals surface area (Å²) in [6.07, 6.45) is 6.52. The zero-order valence-electron chi connectivity index (χ0n) is 21.3. The van der Waals surface area contributed by atoms with Crippen molar-refractivity contribution in [2.24, 2.45) is 17.8 Å². The molecule has 0 unspecified atom stereocenters. The van der Waals surface area contributed by atoms with Crippen LogP contribution in [0.4, 0.5) is 4.79 Å². The van der Waals surface area contributed by atoms with Crippen molar-refractivity contribution < 1.29 is 29.1 Å². The molecule has 1 aliphatic heterocycles. The minimum Gasteiger partial charge on any atom is -0.480 e. The first-order valence-corrected chi connectivity index (χ1v) is 11.8. The molecule has 35 heavy (non-hydrogen) atoms. The summed E-state index contributed by atoms with van der Waals surface area (Å²) in [7, 11) is 0. The smallest absolute Gasteiger partial charge is 0.326 e. The number of hydrogen-bond donors (Lipinski definition) is 6. The van der Waals surface area contributed by atoms with Crippen molar-refractivity contribution >= 4 is 29.7 Å². The van der Waals surface area contributed by atoms with Crippen molar-refractivity contribution in [1.82, 2.24) is 26.6 Å². The molecule has 1 rings (SSSR count). The predicted molar refractivity (Wildman–Crippen MR) is 131 cm³/mol. The first-order chi connectivity index (χ1) is 16.3. The van der Waals surface area contributed by atoms with Crippen LogP contribution in [-0.4, -0.2) is 65.5 Å². The summed E-state index contributed by atoms with van der Waals surface area (Å²) >= 11 is 0. The van der Waals surface area contributed by atoms with Gasteiger partial charge in [0.15, 0.2) is 0 Å². The molecule has 0 aromatic rings. The van der Waals surface area contributed by atoms with Crippen LogP contribution in [0.3, 0.4) is 0 Å². The summed E-state index contributed by atoms with van der Waals surface area (Å²) in [6, 6.07) is -4.25. The Labute approximate surface area is 206 Å². The van der Waals surface area contributed by atoms with Crippen LogP contribution >= 0.6 is 0 Å². The molecular formula is C24H39N5O6. The molecule has 0 bridgehead atoms. The van der Waals surface area contributed by atoms with Crippen LogP contribution in [0.25, 0.3) is 0 Å². The molecule has 0 aromatic heterocycles. The van der Waals surface area contributed by atoms with Gasteiger partial charge in [0.2, 0.25) is 17.7 Å². The lowest BCUT2D eigenvalue weighted by Crippen LogP contribution is -2.59. The molecule has 11 heteroatoms. The van der Waals surface area contributed by atoms with Crippen LogP contribution in [0.1, 0.15) is 48.0 Å². The molecule has 4 atom stereocenters. The molecule has 0 aliphatic carbocycles. The van der Waals surface area contributed by atoms with Crippen LogP contribution in [0.2, 0.25) is 0 Å². The van der Waals surface area contributed by atoms with Gasteiger partial charge in [-0.3, -0.25) is 14.4 Å². The molecule has 0 radical (unpaired) electrons. The van der Waals surface area contributed by atoms with E-state index in [1.54, 1.807) is 45.9 Å². The minimum absolute atomic E-state index is 0.00486. The van der Waals surface area contributed by atoms with Gasteiger partial charge >= 0.3 is 12.0 Å². The van der Waals surface area contributed by atoms with Gasteiger partial charge in [0.25, 0.3) is 0 Å². The van der Waals surface area contributed by atoms with E-state index < -0.39 is 48.0 Å². The maximum atomic E-state index is 13.1. The SMILES string of the molecule is CC(C)[C@H](NC(=O)N[C@H](C(=O)N[C@H]1C/C=C/CNC(=O)/C=C/[C@H](C(C)C)NC1=O)C(C)C)C(=O)O. The lowest BCUT2D eigenvalue weighted by atomic mass is 10.0. The third kappa shape index (κ3) is 10.2. The summed E-state index contributed by atoms with van der Waals surface area (Å²) in [4.78, 5) is 61.8. The van der Waals surface area contributed by atoms with E-state index in [-0.39, 0.29) is 36.6 Å². The monoisotopic (exact) mass is 493 g/mol. The lowest BCUT2D eigenvalue weighted by molar-refractivity contribution is -0.140. The van der Waals surface area contributed by atoms with E-state index in [9.17, 15) is 29.1 Å². The van der Waals surface area contributed by atoms with Crippen molar-refractivity contribution in [3.8, 4) is 0 Å². The number of carbonyl (C=O) groups is 5. The zero-order chi connectivity index (χ0) is 26.7. The number of carbonyl (C=O) groups excluding carboxylic acids is 4. The highest BCUT2D eigenvalue weighted by atomic mass is 16.4. The molecule has 0 spiro atoms. The number of urea groups is 1. The van der Waals surface area contributed by atoms with E-state index in [2.05, 4.69) is 26.6 Å². The lowest BCUT2D eigenvalue weighted by Gasteiger charge is -2.27. The van der Waals surface area contributed by atoms with Crippen molar-refractivity contribution in [2.75, 3.05) is 6.54 Å². The average molecular weight is 494 g/mol. The first kappa shape index (κ1) is 29.7. The number of aliphatic carboxylic acids is 1. The normalized spacial score (nSPS) is 22.7. The van der Waals surface area contributed by atoms with Crippen LogP contribution < -0.4 is 26.6 Å². The molecule has 6 N–H and O–H groups in total. The molecule has 0 fully saturated rings. The topological polar surface area (TPSA) is 166 Å². The Morgan fingerprint density at radius 3 is 2.11 bits per heavy atom. The number of carboxylic acid groups (broad SMARTS) is 1. The Morgan fingerprint density at radius 1 is 0.971 bits per heavy atom. The van der Waals surface area contributed by atoms with E-state index in [0.717, 1.165) is 0 Å². The Kier molecular flexibility index (Phi) is 12.0. The summed E-state index contributed by atoms with van der Waals surface area (Å²) in [5, 5.41) is 22.5. The van der Waals surface area contributed by atoms with Gasteiger partial charge in [0.05, 0.1) is 0 Å². The van der Waals surface area contributed by atoms with Crippen LogP contribution in [0.15, 0.2) is 24.3 Å². The number of amides is 5. The second kappa shape index (κ2) is 14.1. The molecule has 1 aliphatic rings. The second-order valence-electron chi connectivity index (χ2n) is 9.55. The fourth-order valence-electron chi connectivity index (χ4n) is 3.29. The van der Waals surface area contributed by atoms with Gasteiger partial charge in [0, 0.05) is 18.7 Å². The Morgan fingerprint density at radius 2 is 1.57 bits per heavy atom. The molecule has 5 amide bonds. The van der Waals surface area contributed by atoms with Gasteiger partial charge < -0.3 is 31.7 Å². The Hall–Kier alpha value is -3.37. The van der Waals surface area contributed by atoms with Crippen molar-refractivity contribution in [2.45, 2.75) is 72.1 Å². The summed E-state index contributed by atoms with van der Waals surface area (Å²) in [6.45, 7) is 10.8. The predicted octanol–water partition coefficient (Wildman–Crippen LogP) is 0.677. The maximum absolute atomic E-state index is 13.1. The number of rotatable bonds is 8. The molecule has 0 saturated carbocycles. The van der Waals surface area contributed by atoms with E-state index in [4.69, 9.17) is 0 Å². The number of hydrogen-bond acceptors (Lipinski definition) is 5. The largest absolute Gasteiger partial charge is 0.480 e. The Bertz CT molecular complexity index is 836. The number of nitrogens with one attached hydrogen (secondary N) is 5. The summed E-state index contributed by atoms with van der Waals surface area (Å²) < 4.78 is 0. The molecule has 1 heterocycles. The van der Waals surface area contributed by atoms with Gasteiger partial charge in [-0.2, -0.15) is 0 Å². The van der Waals surface area contributed by atoms with Crippen LogP contribution in [-0.2, 0) is 19.2 Å². The van der Waals surface area contributed by atoms with E-state index >= 15 is 0 Å². The molecule has 0 aromatic carbocycles. The highest BCUT2D eigenvalue weighted by Crippen LogP contribution is 2.08. The van der Waals surface area contributed by atoms with E-state index in [1.165, 1.54) is 6.08 Å². The zero-order valence-corrected chi connectivity index (χ0v) is 21.3. The van der Waals surface area contributed by atoms with Gasteiger partial charge in [-0.15, -0.1) is 0 Å². The fourth-order valence-corrected chi connectivity index (χ4v) is 3.29. The van der Waals surface area contributed by atoms with Crippen LogP contribution in [0, 0.1) is 17.8 Å². The second-order valence-corrected chi connectivity index (χ2v) is 9.55. The van der Waals surface area contributed by atoms with Gasteiger partial charge in [0.1, 0.15) is 18.1 Å². The van der Waals surface area contributed by atoms with Crippen molar-refractivity contribution in [3.05, 3.63) is 24.3 Å². The maximum Gasteiger partial charge on any atom is 0.326 e. The minimum atomic E-state index is -1.18. The highest BCUT2D eigenvalue weighted by molar-refractivity contribution is 5.93. The van der Waals surface area contributed by atoms with Gasteiger partial charge in [-0.25, -0.2) is 9.59 Å². The third-order valence-corrected chi connectivity index (χ3v) is 5.50.